The molecule has 0 saturated carbocycles. The van der Waals surface area contributed by atoms with Crippen molar-refractivity contribution in [2.45, 2.75) is 6.54 Å². The number of para-hydroxylation sites is 2. The smallest absolute Gasteiger partial charge is 0.260 e. The molecule has 1 amide bonds. The fraction of sp³-hybridized carbons (Fsp3) is 0.150. The van der Waals surface area contributed by atoms with Crippen LogP contribution in [0.15, 0.2) is 56.7 Å². The third-order valence-electron chi connectivity index (χ3n) is 4.40. The molecule has 11 nitrogen and oxygen atoms in total. The second-order valence-electron chi connectivity index (χ2n) is 6.56. The number of nitrogen functional groups attached to an aromatic ring is 1. The molecular formula is C20H18BrN7O4. The largest absolute Gasteiger partial charge is 0.491 e. The molecule has 0 aliphatic rings. The maximum atomic E-state index is 12.6. The number of benzene rings is 2. The molecule has 4 N–H and O–H groups in total. The number of hydrazone groups is 1. The van der Waals surface area contributed by atoms with Crippen LogP contribution in [0.3, 0.4) is 0 Å². The van der Waals surface area contributed by atoms with Crippen molar-refractivity contribution < 1.29 is 19.3 Å². The Hall–Kier alpha value is -3.77. The minimum atomic E-state index is -0.395. The Balaban J connectivity index is 1.54. The van der Waals surface area contributed by atoms with Crippen LogP contribution in [0, 0.1) is 0 Å². The number of aliphatic hydroxyl groups is 1. The SMILES string of the molecule is Nc1nonc1-c1nc2ccccc2n1CC(=O)N/N=C/c1cc(Br)ccc1OCCO. The summed E-state index contributed by atoms with van der Waals surface area (Å²) in [5.41, 5.74) is 10.6. The Morgan fingerprint density at radius 3 is 2.94 bits per heavy atom. The Kier molecular flexibility index (Phi) is 6.42. The van der Waals surface area contributed by atoms with E-state index in [1.54, 1.807) is 22.8 Å². The van der Waals surface area contributed by atoms with Gasteiger partial charge in [-0.25, -0.2) is 15.0 Å². The summed E-state index contributed by atoms with van der Waals surface area (Å²) in [6.07, 6.45) is 1.46. The Morgan fingerprint density at radius 1 is 1.31 bits per heavy atom. The number of aliphatic hydroxyl groups excluding tert-OH is 1. The maximum Gasteiger partial charge on any atom is 0.260 e. The number of carbonyl (C=O) groups excluding carboxylic acids is 1. The summed E-state index contributed by atoms with van der Waals surface area (Å²) in [6, 6.07) is 12.7. The molecule has 4 aromatic rings. The molecule has 0 aliphatic carbocycles. The normalized spacial score (nSPS) is 11.3. The molecule has 0 unspecified atom stereocenters. The van der Waals surface area contributed by atoms with Gasteiger partial charge in [-0.2, -0.15) is 5.10 Å². The van der Waals surface area contributed by atoms with Crippen molar-refractivity contribution in [1.82, 2.24) is 25.3 Å². The van der Waals surface area contributed by atoms with Crippen molar-refractivity contribution in [2.24, 2.45) is 5.10 Å². The van der Waals surface area contributed by atoms with E-state index in [-0.39, 0.29) is 31.3 Å². The lowest BCUT2D eigenvalue weighted by Gasteiger charge is -2.08. The monoisotopic (exact) mass is 499 g/mol. The van der Waals surface area contributed by atoms with Gasteiger partial charge in [-0.05, 0) is 40.6 Å². The lowest BCUT2D eigenvalue weighted by molar-refractivity contribution is -0.121. The first kappa shape index (κ1) is 21.5. The molecule has 12 heteroatoms. The first-order chi connectivity index (χ1) is 15.6. The first-order valence-corrected chi connectivity index (χ1v) is 10.2. The molecule has 0 fully saturated rings. The number of amides is 1. The number of halogens is 1. The molecule has 164 valence electrons. The molecule has 2 aromatic heterocycles. The number of fused-ring (bicyclic) bond motifs is 1. The summed E-state index contributed by atoms with van der Waals surface area (Å²) < 4.78 is 12.6. The van der Waals surface area contributed by atoms with Gasteiger partial charge in [-0.15, -0.1) is 0 Å². The van der Waals surface area contributed by atoms with E-state index in [1.807, 2.05) is 24.3 Å². The lowest BCUT2D eigenvalue weighted by atomic mass is 10.2. The standard InChI is InChI=1S/C20H18BrN7O4/c21-13-5-6-16(31-8-7-29)12(9-13)10-23-25-17(30)11-28-15-4-2-1-3-14(15)24-20(28)18-19(22)27-32-26-18/h1-6,9-10,29H,7-8,11H2,(H2,22,27)(H,25,30)/b23-10+. The molecule has 0 bridgehead atoms. The Morgan fingerprint density at radius 2 is 2.16 bits per heavy atom. The molecule has 0 radical (unpaired) electrons. The highest BCUT2D eigenvalue weighted by Crippen LogP contribution is 2.26. The van der Waals surface area contributed by atoms with E-state index in [4.69, 9.17) is 15.6 Å². The number of nitrogens with two attached hydrogens (primary N) is 1. The van der Waals surface area contributed by atoms with E-state index >= 15 is 0 Å². The van der Waals surface area contributed by atoms with Crippen molar-refractivity contribution in [3.8, 4) is 17.3 Å². The number of anilines is 1. The van der Waals surface area contributed by atoms with Crippen molar-refractivity contribution in [3.63, 3.8) is 0 Å². The van der Waals surface area contributed by atoms with Gasteiger partial charge in [-0.1, -0.05) is 28.1 Å². The summed E-state index contributed by atoms with van der Waals surface area (Å²) in [6.45, 7) is -0.0622. The maximum absolute atomic E-state index is 12.6. The number of aromatic nitrogens is 4. The van der Waals surface area contributed by atoms with E-state index < -0.39 is 5.91 Å². The van der Waals surface area contributed by atoms with E-state index in [0.29, 0.717) is 22.7 Å². The van der Waals surface area contributed by atoms with Gasteiger partial charge < -0.3 is 20.1 Å². The zero-order valence-electron chi connectivity index (χ0n) is 16.6. The van der Waals surface area contributed by atoms with Crippen LogP contribution in [0.4, 0.5) is 5.82 Å². The Bertz CT molecular complexity index is 1280. The summed E-state index contributed by atoms with van der Waals surface area (Å²) in [5.74, 6) is 0.562. The molecule has 0 spiro atoms. The summed E-state index contributed by atoms with van der Waals surface area (Å²) in [4.78, 5) is 17.1. The molecule has 2 aromatic carbocycles. The summed E-state index contributed by atoms with van der Waals surface area (Å²) >= 11 is 3.39. The van der Waals surface area contributed by atoms with Crippen LogP contribution in [0.2, 0.25) is 0 Å². The second-order valence-corrected chi connectivity index (χ2v) is 7.47. The number of ether oxygens (including phenoxy) is 1. The minimum absolute atomic E-state index is 0.0741. The highest BCUT2D eigenvalue weighted by Gasteiger charge is 2.20. The van der Waals surface area contributed by atoms with Gasteiger partial charge >= 0.3 is 0 Å². The third kappa shape index (κ3) is 4.60. The van der Waals surface area contributed by atoms with Gasteiger partial charge in [0.15, 0.2) is 17.3 Å². The van der Waals surface area contributed by atoms with Gasteiger partial charge in [0.1, 0.15) is 18.9 Å². The molecule has 2 heterocycles. The van der Waals surface area contributed by atoms with E-state index in [2.05, 4.69) is 46.4 Å². The molecular weight excluding hydrogens is 482 g/mol. The molecule has 0 aliphatic heterocycles. The van der Waals surface area contributed by atoms with Gasteiger partial charge in [-0.3, -0.25) is 4.79 Å². The fourth-order valence-electron chi connectivity index (χ4n) is 3.03. The predicted octanol–water partition coefficient (Wildman–Crippen LogP) is 1.95. The number of nitrogens with zero attached hydrogens (tertiary/aromatic N) is 5. The number of rotatable bonds is 8. The number of nitrogens with one attached hydrogen (secondary N) is 1. The Labute approximate surface area is 190 Å². The van der Waals surface area contributed by atoms with E-state index in [1.165, 1.54) is 6.21 Å². The van der Waals surface area contributed by atoms with Crippen LogP contribution in [-0.4, -0.2) is 50.3 Å². The minimum Gasteiger partial charge on any atom is -0.491 e. The third-order valence-corrected chi connectivity index (χ3v) is 4.89. The van der Waals surface area contributed by atoms with Crippen LogP contribution in [0.1, 0.15) is 5.56 Å². The number of imidazole rings is 1. The van der Waals surface area contributed by atoms with E-state index in [0.717, 1.165) is 9.99 Å². The topological polar surface area (TPSA) is 154 Å². The van der Waals surface area contributed by atoms with E-state index in [9.17, 15) is 4.79 Å². The van der Waals surface area contributed by atoms with Gasteiger partial charge in [0.25, 0.3) is 5.91 Å². The van der Waals surface area contributed by atoms with Crippen LogP contribution in [0.25, 0.3) is 22.6 Å². The van der Waals surface area contributed by atoms with Crippen LogP contribution in [0.5, 0.6) is 5.75 Å². The van der Waals surface area contributed by atoms with Crippen LogP contribution in [-0.2, 0) is 11.3 Å². The zero-order valence-corrected chi connectivity index (χ0v) is 18.2. The lowest BCUT2D eigenvalue weighted by Crippen LogP contribution is -2.23. The quantitative estimate of drug-likeness (QED) is 0.245. The molecule has 4 rings (SSSR count). The van der Waals surface area contributed by atoms with Gasteiger partial charge in [0, 0.05) is 10.0 Å². The van der Waals surface area contributed by atoms with Gasteiger partial charge in [0.2, 0.25) is 0 Å². The highest BCUT2D eigenvalue weighted by atomic mass is 79.9. The fourth-order valence-corrected chi connectivity index (χ4v) is 3.41. The van der Waals surface area contributed by atoms with Crippen molar-refractivity contribution in [1.29, 1.82) is 0 Å². The van der Waals surface area contributed by atoms with Crippen LogP contribution >= 0.6 is 15.9 Å². The molecule has 0 saturated heterocycles. The zero-order chi connectivity index (χ0) is 22.5. The van der Waals surface area contributed by atoms with Crippen molar-refractivity contribution in [3.05, 3.63) is 52.5 Å². The number of hydrogen-bond donors (Lipinski definition) is 3. The van der Waals surface area contributed by atoms with Crippen molar-refractivity contribution >= 4 is 44.9 Å². The van der Waals surface area contributed by atoms with Crippen molar-refractivity contribution in [2.75, 3.05) is 18.9 Å². The molecule has 0 atom stereocenters. The van der Waals surface area contributed by atoms with Crippen LogP contribution < -0.4 is 15.9 Å². The summed E-state index contributed by atoms with van der Waals surface area (Å²) in [5, 5.41) is 20.4. The second kappa shape index (κ2) is 9.58. The van der Waals surface area contributed by atoms with Gasteiger partial charge in [0.05, 0.1) is 23.9 Å². The first-order valence-electron chi connectivity index (χ1n) is 9.45. The average molecular weight is 500 g/mol. The highest BCUT2D eigenvalue weighted by molar-refractivity contribution is 9.10. The predicted molar refractivity (Wildman–Crippen MR) is 120 cm³/mol. The molecule has 32 heavy (non-hydrogen) atoms. The average Bonchev–Trinajstić information content (AvgIpc) is 3.36. The summed E-state index contributed by atoms with van der Waals surface area (Å²) in [7, 11) is 0. The number of hydrogen-bond acceptors (Lipinski definition) is 9. The number of carbonyl (C=O) groups is 1.